The van der Waals surface area contributed by atoms with Crippen LogP contribution in [0.3, 0.4) is 0 Å². The fourth-order valence-electron chi connectivity index (χ4n) is 6.05. The summed E-state index contributed by atoms with van der Waals surface area (Å²) in [6.45, 7) is 2.26. The predicted octanol–water partition coefficient (Wildman–Crippen LogP) is 9.37. The number of aryl methyl sites for hydroxylation is 1. The van der Waals surface area contributed by atoms with E-state index in [1.807, 2.05) is 24.3 Å². The molecule has 0 aliphatic carbocycles. The molecule has 0 atom stereocenters. The van der Waals surface area contributed by atoms with E-state index in [0.29, 0.717) is 0 Å². The van der Waals surface area contributed by atoms with E-state index in [-0.39, 0.29) is 0 Å². The third kappa shape index (κ3) is 8.31. The van der Waals surface area contributed by atoms with E-state index < -0.39 is 0 Å². The molecule has 6 rings (SSSR count). The van der Waals surface area contributed by atoms with E-state index >= 15 is 0 Å². The number of nitrogen functional groups attached to an aromatic ring is 2. The van der Waals surface area contributed by atoms with Crippen molar-refractivity contribution < 1.29 is 0 Å². The molecule has 0 saturated carbocycles. The standard InChI is InChI=1S/C43H42N2/c1-2-40-30-39(28-35-9-7-33(8-10-35)27-37-18-23-43(45)24-19-37)15-20-41(40)29-38-13-11-34(12-14-38)25-31-3-5-32(6-4-31)26-36-16-21-42(44)22-17-36/h3-24,30H,2,25-29,44-45H2,1H3. The Morgan fingerprint density at radius 2 is 0.578 bits per heavy atom. The molecule has 0 fully saturated rings. The van der Waals surface area contributed by atoms with Crippen molar-refractivity contribution in [1.29, 1.82) is 0 Å². The second kappa shape index (κ2) is 14.1. The molecule has 4 N–H and O–H groups in total. The van der Waals surface area contributed by atoms with Gasteiger partial charge in [0.1, 0.15) is 0 Å². The Balaban J connectivity index is 1.04. The first-order valence-corrected chi connectivity index (χ1v) is 16.0. The van der Waals surface area contributed by atoms with Gasteiger partial charge in [-0.25, -0.2) is 0 Å². The zero-order chi connectivity index (χ0) is 31.0. The zero-order valence-electron chi connectivity index (χ0n) is 26.2. The Bertz CT molecular complexity index is 1810. The smallest absolute Gasteiger partial charge is 0.0314 e. The first-order valence-electron chi connectivity index (χ1n) is 16.0. The van der Waals surface area contributed by atoms with Gasteiger partial charge in [-0.3, -0.25) is 0 Å². The molecule has 0 aliphatic heterocycles. The number of hydrogen-bond donors (Lipinski definition) is 2. The highest BCUT2D eigenvalue weighted by Gasteiger charge is 2.07. The number of nitrogens with two attached hydrogens (primary N) is 2. The summed E-state index contributed by atoms with van der Waals surface area (Å²) >= 11 is 0. The minimum atomic E-state index is 0.809. The second-order valence-corrected chi connectivity index (χ2v) is 12.3. The summed E-state index contributed by atoms with van der Waals surface area (Å²) in [5, 5.41) is 0. The maximum atomic E-state index is 5.83. The van der Waals surface area contributed by atoms with Crippen LogP contribution in [0.4, 0.5) is 11.4 Å². The van der Waals surface area contributed by atoms with Gasteiger partial charge in [-0.2, -0.15) is 0 Å². The number of hydrogen-bond acceptors (Lipinski definition) is 2. The molecule has 0 unspecified atom stereocenters. The summed E-state index contributed by atoms with van der Waals surface area (Å²) in [4.78, 5) is 0. The largest absolute Gasteiger partial charge is 0.399 e. The van der Waals surface area contributed by atoms with E-state index in [2.05, 4.69) is 122 Å². The van der Waals surface area contributed by atoms with Crippen LogP contribution >= 0.6 is 0 Å². The van der Waals surface area contributed by atoms with Crippen LogP contribution in [0.2, 0.25) is 0 Å². The van der Waals surface area contributed by atoms with Crippen molar-refractivity contribution in [2.24, 2.45) is 0 Å². The van der Waals surface area contributed by atoms with Crippen LogP contribution < -0.4 is 11.5 Å². The third-order valence-electron chi connectivity index (χ3n) is 8.71. The van der Waals surface area contributed by atoms with Gasteiger partial charge in [-0.05, 0) is 124 Å². The molecule has 45 heavy (non-hydrogen) atoms. The second-order valence-electron chi connectivity index (χ2n) is 12.3. The van der Waals surface area contributed by atoms with Crippen LogP contribution in [0, 0.1) is 0 Å². The monoisotopic (exact) mass is 586 g/mol. The van der Waals surface area contributed by atoms with Crippen LogP contribution in [-0.4, -0.2) is 0 Å². The molecule has 0 aliphatic rings. The van der Waals surface area contributed by atoms with E-state index in [4.69, 9.17) is 11.5 Å². The normalized spacial score (nSPS) is 11.0. The van der Waals surface area contributed by atoms with Crippen LogP contribution in [0.15, 0.2) is 140 Å². The molecule has 0 saturated heterocycles. The van der Waals surface area contributed by atoms with Gasteiger partial charge in [-0.15, -0.1) is 0 Å². The Hall–Kier alpha value is -5.08. The Kier molecular flexibility index (Phi) is 9.41. The molecule has 0 aromatic heterocycles. The highest BCUT2D eigenvalue weighted by atomic mass is 14.5. The lowest BCUT2D eigenvalue weighted by Crippen LogP contribution is -1.98. The van der Waals surface area contributed by atoms with Gasteiger partial charge >= 0.3 is 0 Å². The average molecular weight is 587 g/mol. The van der Waals surface area contributed by atoms with Crippen LogP contribution in [0.5, 0.6) is 0 Å². The van der Waals surface area contributed by atoms with E-state index in [0.717, 1.165) is 49.9 Å². The number of benzene rings is 6. The van der Waals surface area contributed by atoms with Crippen molar-refractivity contribution in [2.75, 3.05) is 11.5 Å². The Morgan fingerprint density at radius 3 is 0.911 bits per heavy atom. The minimum absolute atomic E-state index is 0.809. The van der Waals surface area contributed by atoms with Crippen molar-refractivity contribution in [3.05, 3.63) is 201 Å². The molecular formula is C43H42N2. The summed E-state index contributed by atoms with van der Waals surface area (Å²) < 4.78 is 0. The van der Waals surface area contributed by atoms with Gasteiger partial charge in [-0.1, -0.05) is 122 Å². The van der Waals surface area contributed by atoms with Gasteiger partial charge in [0, 0.05) is 11.4 Å². The molecule has 0 spiro atoms. The summed E-state index contributed by atoms with van der Waals surface area (Å²) in [5.41, 5.74) is 28.1. The van der Waals surface area contributed by atoms with Gasteiger partial charge in [0.05, 0.1) is 0 Å². The van der Waals surface area contributed by atoms with Crippen molar-refractivity contribution >= 4 is 11.4 Å². The molecule has 2 heteroatoms. The van der Waals surface area contributed by atoms with Crippen LogP contribution in [0.25, 0.3) is 0 Å². The fraction of sp³-hybridized carbons (Fsp3) is 0.163. The van der Waals surface area contributed by atoms with Crippen molar-refractivity contribution in [1.82, 2.24) is 0 Å². The van der Waals surface area contributed by atoms with E-state index in [1.54, 1.807) is 0 Å². The molecule has 224 valence electrons. The van der Waals surface area contributed by atoms with E-state index in [9.17, 15) is 0 Å². The van der Waals surface area contributed by atoms with Gasteiger partial charge in [0.15, 0.2) is 0 Å². The first kappa shape index (κ1) is 30.0. The molecule has 0 radical (unpaired) electrons. The van der Waals surface area contributed by atoms with Crippen LogP contribution in [0.1, 0.15) is 68.1 Å². The van der Waals surface area contributed by atoms with Crippen molar-refractivity contribution in [3.63, 3.8) is 0 Å². The summed E-state index contributed by atoms with van der Waals surface area (Å²) in [6, 6.07) is 50.6. The summed E-state index contributed by atoms with van der Waals surface area (Å²) in [7, 11) is 0. The molecule has 0 heterocycles. The molecule has 2 nitrogen and oxygen atoms in total. The maximum Gasteiger partial charge on any atom is 0.0314 e. The van der Waals surface area contributed by atoms with Gasteiger partial charge in [0.2, 0.25) is 0 Å². The lowest BCUT2D eigenvalue weighted by molar-refractivity contribution is 1.04. The first-order chi connectivity index (χ1) is 22.0. The number of anilines is 2. The average Bonchev–Trinajstić information content (AvgIpc) is 3.06. The molecule has 0 bridgehead atoms. The molecule has 0 amide bonds. The third-order valence-corrected chi connectivity index (χ3v) is 8.71. The van der Waals surface area contributed by atoms with Crippen LogP contribution in [-0.2, 0) is 38.5 Å². The van der Waals surface area contributed by atoms with Crippen molar-refractivity contribution in [2.45, 2.75) is 45.4 Å². The highest BCUT2D eigenvalue weighted by Crippen LogP contribution is 2.22. The predicted molar refractivity (Wildman–Crippen MR) is 191 cm³/mol. The van der Waals surface area contributed by atoms with Gasteiger partial charge < -0.3 is 11.5 Å². The molecular weight excluding hydrogens is 544 g/mol. The minimum Gasteiger partial charge on any atom is -0.399 e. The van der Waals surface area contributed by atoms with Gasteiger partial charge in [0.25, 0.3) is 0 Å². The fourth-order valence-corrected chi connectivity index (χ4v) is 6.05. The lowest BCUT2D eigenvalue weighted by atomic mass is 9.93. The lowest BCUT2D eigenvalue weighted by Gasteiger charge is -2.12. The highest BCUT2D eigenvalue weighted by molar-refractivity contribution is 5.43. The topological polar surface area (TPSA) is 52.0 Å². The number of rotatable bonds is 11. The van der Waals surface area contributed by atoms with Crippen molar-refractivity contribution in [3.8, 4) is 0 Å². The van der Waals surface area contributed by atoms with E-state index in [1.165, 1.54) is 61.2 Å². The quantitative estimate of drug-likeness (QED) is 0.149. The maximum absolute atomic E-state index is 5.83. The Morgan fingerprint density at radius 1 is 0.311 bits per heavy atom. The summed E-state index contributed by atoms with van der Waals surface area (Å²) in [6.07, 6.45) is 5.75. The SMILES string of the molecule is CCc1cc(Cc2ccc(Cc3ccc(N)cc3)cc2)ccc1Cc1ccc(Cc2ccc(Cc3ccc(N)cc3)cc2)cc1. The molecule has 6 aromatic rings. The molecule has 6 aromatic carbocycles. The summed E-state index contributed by atoms with van der Waals surface area (Å²) in [5.74, 6) is 0. The Labute approximate surface area is 268 Å². The zero-order valence-corrected chi connectivity index (χ0v) is 26.2.